The Bertz CT molecular complexity index is 585. The summed E-state index contributed by atoms with van der Waals surface area (Å²) < 4.78 is 28.0. The summed E-state index contributed by atoms with van der Waals surface area (Å²) in [5, 5.41) is 0.0857. The molecule has 0 saturated heterocycles. The highest BCUT2D eigenvalue weighted by atomic mass is 35.5. The molecule has 16 heavy (non-hydrogen) atoms. The maximum Gasteiger partial charge on any atom is 0.387 e. The van der Waals surface area contributed by atoms with Gasteiger partial charge in [-0.3, -0.25) is 9.78 Å². The SMILES string of the molecule is O=c1[nH]c(Cl)nc2ccc(OC(F)F)cc12. The maximum absolute atomic E-state index is 11.9. The number of aromatic amines is 1. The average Bonchev–Trinajstić information content (AvgIpc) is 2.18. The van der Waals surface area contributed by atoms with Crippen LogP contribution in [0, 0.1) is 0 Å². The summed E-state index contributed by atoms with van der Waals surface area (Å²) in [5.41, 5.74) is -0.190. The second kappa shape index (κ2) is 4.05. The second-order valence-electron chi connectivity index (χ2n) is 2.91. The first kappa shape index (κ1) is 10.8. The Kier molecular flexibility index (Phi) is 2.74. The number of halogens is 3. The lowest BCUT2D eigenvalue weighted by Crippen LogP contribution is -2.08. The van der Waals surface area contributed by atoms with E-state index in [-0.39, 0.29) is 16.4 Å². The van der Waals surface area contributed by atoms with Crippen molar-refractivity contribution in [2.24, 2.45) is 0 Å². The first-order valence-corrected chi connectivity index (χ1v) is 4.58. The summed E-state index contributed by atoms with van der Waals surface area (Å²) in [6, 6.07) is 3.86. The molecule has 1 N–H and O–H groups in total. The Hall–Kier alpha value is -1.69. The van der Waals surface area contributed by atoms with E-state index in [4.69, 9.17) is 11.6 Å². The normalized spacial score (nSPS) is 11.0. The zero-order valence-corrected chi connectivity index (χ0v) is 8.46. The van der Waals surface area contributed by atoms with Gasteiger partial charge in [-0.05, 0) is 29.8 Å². The molecule has 0 fully saturated rings. The number of nitrogens with zero attached hydrogens (tertiary/aromatic N) is 1. The van der Waals surface area contributed by atoms with Crippen LogP contribution in [0.2, 0.25) is 5.28 Å². The number of H-pyrrole nitrogens is 1. The van der Waals surface area contributed by atoms with Gasteiger partial charge < -0.3 is 4.74 Å². The van der Waals surface area contributed by atoms with Crippen LogP contribution in [-0.2, 0) is 0 Å². The molecule has 2 aromatic rings. The van der Waals surface area contributed by atoms with Crippen LogP contribution in [0.5, 0.6) is 5.75 Å². The molecule has 4 nitrogen and oxygen atoms in total. The van der Waals surface area contributed by atoms with Gasteiger partial charge in [0, 0.05) is 0 Å². The van der Waals surface area contributed by atoms with Crippen LogP contribution in [0.3, 0.4) is 0 Å². The molecule has 7 heteroatoms. The molecule has 0 saturated carbocycles. The van der Waals surface area contributed by atoms with Crippen LogP contribution in [0.25, 0.3) is 10.9 Å². The third kappa shape index (κ3) is 2.11. The van der Waals surface area contributed by atoms with E-state index < -0.39 is 12.2 Å². The van der Waals surface area contributed by atoms with Crippen molar-refractivity contribution in [3.8, 4) is 5.75 Å². The van der Waals surface area contributed by atoms with E-state index in [1.807, 2.05) is 0 Å². The molecule has 0 aliphatic heterocycles. The van der Waals surface area contributed by atoms with Crippen LogP contribution < -0.4 is 10.3 Å². The van der Waals surface area contributed by atoms with Crippen molar-refractivity contribution in [2.45, 2.75) is 6.61 Å². The number of hydrogen-bond acceptors (Lipinski definition) is 3. The van der Waals surface area contributed by atoms with Crippen molar-refractivity contribution in [1.82, 2.24) is 9.97 Å². The molecule has 1 aromatic carbocycles. The number of rotatable bonds is 2. The quantitative estimate of drug-likeness (QED) is 0.827. The van der Waals surface area contributed by atoms with Gasteiger partial charge >= 0.3 is 6.61 Å². The minimum atomic E-state index is -2.93. The average molecular weight is 247 g/mol. The molecule has 0 unspecified atom stereocenters. The lowest BCUT2D eigenvalue weighted by atomic mass is 10.2. The van der Waals surface area contributed by atoms with Crippen molar-refractivity contribution in [2.75, 3.05) is 0 Å². The fourth-order valence-corrected chi connectivity index (χ4v) is 1.44. The number of alkyl halides is 2. The summed E-state index contributed by atoms with van der Waals surface area (Å²) in [6.45, 7) is -2.93. The fourth-order valence-electron chi connectivity index (χ4n) is 1.27. The highest BCUT2D eigenvalue weighted by Crippen LogP contribution is 2.19. The zero-order valence-electron chi connectivity index (χ0n) is 7.71. The van der Waals surface area contributed by atoms with Crippen molar-refractivity contribution in [3.63, 3.8) is 0 Å². The van der Waals surface area contributed by atoms with Crippen LogP contribution in [0.1, 0.15) is 0 Å². The number of hydrogen-bond donors (Lipinski definition) is 1. The van der Waals surface area contributed by atoms with Crippen molar-refractivity contribution in [1.29, 1.82) is 0 Å². The van der Waals surface area contributed by atoms with Crippen molar-refractivity contribution >= 4 is 22.5 Å². The molecule has 1 aromatic heterocycles. The van der Waals surface area contributed by atoms with Crippen LogP contribution in [0.4, 0.5) is 8.78 Å². The van der Waals surface area contributed by atoms with Crippen molar-refractivity contribution < 1.29 is 13.5 Å². The maximum atomic E-state index is 11.9. The van der Waals surface area contributed by atoms with Gasteiger partial charge in [-0.2, -0.15) is 8.78 Å². The van der Waals surface area contributed by atoms with E-state index in [1.165, 1.54) is 18.2 Å². The first-order valence-electron chi connectivity index (χ1n) is 4.20. The number of nitrogens with one attached hydrogen (secondary N) is 1. The van der Waals surface area contributed by atoms with E-state index in [9.17, 15) is 13.6 Å². The van der Waals surface area contributed by atoms with Gasteiger partial charge in [0.1, 0.15) is 5.75 Å². The van der Waals surface area contributed by atoms with Gasteiger partial charge in [-0.25, -0.2) is 4.98 Å². The van der Waals surface area contributed by atoms with Crippen molar-refractivity contribution in [3.05, 3.63) is 33.8 Å². The van der Waals surface area contributed by atoms with Crippen LogP contribution in [0.15, 0.2) is 23.0 Å². The lowest BCUT2D eigenvalue weighted by Gasteiger charge is -2.04. The van der Waals surface area contributed by atoms with Gasteiger partial charge in [0.15, 0.2) is 0 Å². The number of benzene rings is 1. The topological polar surface area (TPSA) is 55.0 Å². The summed E-state index contributed by atoms with van der Waals surface area (Å²) in [7, 11) is 0. The second-order valence-corrected chi connectivity index (χ2v) is 3.27. The van der Waals surface area contributed by atoms with Gasteiger partial charge in [-0.1, -0.05) is 0 Å². The summed E-state index contributed by atoms with van der Waals surface area (Å²) >= 11 is 5.53. The minimum absolute atomic E-state index is 0.0555. The lowest BCUT2D eigenvalue weighted by molar-refractivity contribution is -0.0497. The molecule has 0 aliphatic carbocycles. The van der Waals surface area contributed by atoms with E-state index in [0.29, 0.717) is 5.52 Å². The zero-order chi connectivity index (χ0) is 11.7. The number of aromatic nitrogens is 2. The standard InChI is InChI=1S/C9H5ClF2N2O2/c10-8-13-6-2-1-4(16-9(11)12)3-5(6)7(15)14-8/h1-3,9H,(H,13,14,15). The monoisotopic (exact) mass is 246 g/mol. The molecule has 2 rings (SSSR count). The number of ether oxygens (including phenoxy) is 1. The molecular formula is C9H5ClF2N2O2. The van der Waals surface area contributed by atoms with E-state index in [1.54, 1.807) is 0 Å². The summed E-state index contributed by atoms with van der Waals surface area (Å²) in [6.07, 6.45) is 0. The molecule has 0 aliphatic rings. The van der Waals surface area contributed by atoms with Gasteiger partial charge in [-0.15, -0.1) is 0 Å². The van der Waals surface area contributed by atoms with Gasteiger partial charge in [0.05, 0.1) is 10.9 Å². The predicted octanol–water partition coefficient (Wildman–Crippen LogP) is 2.18. The van der Waals surface area contributed by atoms with Crippen LogP contribution >= 0.6 is 11.6 Å². The van der Waals surface area contributed by atoms with E-state index in [2.05, 4.69) is 14.7 Å². The van der Waals surface area contributed by atoms with E-state index in [0.717, 1.165) is 0 Å². The predicted molar refractivity (Wildman–Crippen MR) is 54.0 cm³/mol. The Morgan fingerprint density at radius 1 is 1.44 bits per heavy atom. The highest BCUT2D eigenvalue weighted by molar-refractivity contribution is 6.28. The Morgan fingerprint density at radius 2 is 2.19 bits per heavy atom. The Balaban J connectivity index is 2.58. The van der Waals surface area contributed by atoms with Gasteiger partial charge in [0.25, 0.3) is 5.56 Å². The Morgan fingerprint density at radius 3 is 2.88 bits per heavy atom. The third-order valence-corrected chi connectivity index (χ3v) is 2.05. The fraction of sp³-hybridized carbons (Fsp3) is 0.111. The molecule has 0 amide bonds. The molecule has 0 radical (unpaired) electrons. The molecule has 0 spiro atoms. The van der Waals surface area contributed by atoms with Crippen LogP contribution in [-0.4, -0.2) is 16.6 Å². The Labute approximate surface area is 92.8 Å². The summed E-state index contributed by atoms with van der Waals surface area (Å²) in [5.74, 6) is -0.0999. The molecule has 0 atom stereocenters. The molecule has 84 valence electrons. The largest absolute Gasteiger partial charge is 0.435 e. The minimum Gasteiger partial charge on any atom is -0.435 e. The third-order valence-electron chi connectivity index (χ3n) is 1.87. The molecule has 1 heterocycles. The highest BCUT2D eigenvalue weighted by Gasteiger charge is 2.07. The smallest absolute Gasteiger partial charge is 0.387 e. The first-order chi connectivity index (χ1) is 7.56. The number of fused-ring (bicyclic) bond motifs is 1. The molecule has 0 bridgehead atoms. The van der Waals surface area contributed by atoms with Gasteiger partial charge in [0.2, 0.25) is 5.28 Å². The van der Waals surface area contributed by atoms with E-state index >= 15 is 0 Å². The summed E-state index contributed by atoms with van der Waals surface area (Å²) in [4.78, 5) is 17.5. The molecular weight excluding hydrogens is 242 g/mol.